The Morgan fingerprint density at radius 3 is 2.61 bits per heavy atom. The first-order valence-corrected chi connectivity index (χ1v) is 4.83. The van der Waals surface area contributed by atoms with Crippen LogP contribution in [0.5, 0.6) is 0 Å². The number of carboxylic acid groups (broad SMARTS) is 1. The van der Waals surface area contributed by atoms with E-state index in [1.54, 1.807) is 0 Å². The third-order valence-electron chi connectivity index (χ3n) is 2.27. The fourth-order valence-electron chi connectivity index (χ4n) is 1.40. The zero-order valence-electron chi connectivity index (χ0n) is 8.85. The fraction of sp³-hybridized carbons (Fsp3) is 0.0909. The van der Waals surface area contributed by atoms with Gasteiger partial charge in [0.1, 0.15) is 0 Å². The molecule has 1 aromatic carbocycles. The van der Waals surface area contributed by atoms with Crippen molar-refractivity contribution < 1.29 is 23.1 Å². The maximum atomic E-state index is 12.5. The third kappa shape index (κ3) is 2.34. The lowest BCUT2D eigenvalue weighted by atomic mass is 10.2. The number of aromatic carboxylic acids is 1. The Balaban J connectivity index is 2.41. The minimum atomic E-state index is -4.45. The van der Waals surface area contributed by atoms with Crippen LogP contribution in [0, 0.1) is 0 Å². The zero-order valence-corrected chi connectivity index (χ0v) is 8.85. The highest BCUT2D eigenvalue weighted by Crippen LogP contribution is 2.30. The molecule has 18 heavy (non-hydrogen) atoms. The van der Waals surface area contributed by atoms with E-state index >= 15 is 0 Å². The maximum absolute atomic E-state index is 12.5. The summed E-state index contributed by atoms with van der Waals surface area (Å²) < 4.78 is 38.6. The quantitative estimate of drug-likeness (QED) is 0.898. The van der Waals surface area contributed by atoms with E-state index in [9.17, 15) is 18.0 Å². The van der Waals surface area contributed by atoms with Crippen molar-refractivity contribution in [3.63, 3.8) is 0 Å². The fourth-order valence-corrected chi connectivity index (χ4v) is 1.40. The van der Waals surface area contributed by atoms with E-state index in [-0.39, 0.29) is 11.3 Å². The number of halogens is 3. The van der Waals surface area contributed by atoms with Gasteiger partial charge in [-0.2, -0.15) is 18.3 Å². The molecule has 7 heteroatoms. The molecule has 2 aromatic rings. The van der Waals surface area contributed by atoms with Gasteiger partial charge in [0, 0.05) is 6.20 Å². The summed E-state index contributed by atoms with van der Waals surface area (Å²) in [5, 5.41) is 12.4. The Labute approximate surface area is 99.3 Å². The number of aromatic nitrogens is 2. The van der Waals surface area contributed by atoms with Gasteiger partial charge in [0.15, 0.2) is 0 Å². The normalized spacial score (nSPS) is 11.5. The summed E-state index contributed by atoms with van der Waals surface area (Å²) >= 11 is 0. The lowest BCUT2D eigenvalue weighted by molar-refractivity contribution is -0.137. The number of rotatable bonds is 2. The SMILES string of the molecule is O=C(O)c1cnn(-c2cccc(C(F)(F)F)c2)c1. The second kappa shape index (κ2) is 4.17. The van der Waals surface area contributed by atoms with Crippen molar-refractivity contribution in [2.75, 3.05) is 0 Å². The number of carboxylic acids is 1. The van der Waals surface area contributed by atoms with Crippen LogP contribution in [-0.2, 0) is 6.18 Å². The largest absolute Gasteiger partial charge is 0.478 e. The summed E-state index contributed by atoms with van der Waals surface area (Å²) in [6.07, 6.45) is -2.22. The standard InChI is InChI=1S/C11H7F3N2O2/c12-11(13,14)8-2-1-3-9(4-8)16-6-7(5-15-16)10(17)18/h1-6H,(H,17,18). The van der Waals surface area contributed by atoms with Crippen molar-refractivity contribution >= 4 is 5.97 Å². The van der Waals surface area contributed by atoms with Crippen LogP contribution < -0.4 is 0 Å². The molecule has 4 nitrogen and oxygen atoms in total. The Hall–Kier alpha value is -2.31. The molecule has 0 spiro atoms. The van der Waals surface area contributed by atoms with Gasteiger partial charge in [-0.05, 0) is 18.2 Å². The molecule has 1 N–H and O–H groups in total. The Bertz CT molecular complexity index is 590. The summed E-state index contributed by atoms with van der Waals surface area (Å²) in [4.78, 5) is 10.6. The molecule has 2 rings (SSSR count). The molecule has 0 bridgehead atoms. The van der Waals surface area contributed by atoms with Gasteiger partial charge in [-0.1, -0.05) is 6.07 Å². The van der Waals surface area contributed by atoms with E-state index in [1.807, 2.05) is 0 Å². The first kappa shape index (κ1) is 12.2. The van der Waals surface area contributed by atoms with E-state index in [1.165, 1.54) is 12.1 Å². The van der Waals surface area contributed by atoms with Gasteiger partial charge in [-0.3, -0.25) is 0 Å². The van der Waals surface area contributed by atoms with Crippen LogP contribution in [0.3, 0.4) is 0 Å². The molecule has 94 valence electrons. The first-order valence-electron chi connectivity index (χ1n) is 4.83. The van der Waals surface area contributed by atoms with E-state index in [4.69, 9.17) is 5.11 Å². The van der Waals surface area contributed by atoms with Crippen molar-refractivity contribution in [1.29, 1.82) is 0 Å². The van der Waals surface area contributed by atoms with Crippen LogP contribution in [0.25, 0.3) is 5.69 Å². The molecule has 0 aliphatic carbocycles. The number of nitrogens with zero attached hydrogens (tertiary/aromatic N) is 2. The van der Waals surface area contributed by atoms with Crippen molar-refractivity contribution in [3.8, 4) is 5.69 Å². The predicted octanol–water partition coefficient (Wildman–Crippen LogP) is 2.59. The van der Waals surface area contributed by atoms with E-state index in [0.29, 0.717) is 0 Å². The highest BCUT2D eigenvalue weighted by atomic mass is 19.4. The third-order valence-corrected chi connectivity index (χ3v) is 2.27. The second-order valence-corrected chi connectivity index (χ2v) is 3.53. The molecular formula is C11H7F3N2O2. The van der Waals surface area contributed by atoms with Gasteiger partial charge >= 0.3 is 12.1 Å². The summed E-state index contributed by atoms with van der Waals surface area (Å²) in [5.74, 6) is -1.19. The average Bonchev–Trinajstić information content (AvgIpc) is 2.77. The summed E-state index contributed by atoms with van der Waals surface area (Å²) in [6.45, 7) is 0. The van der Waals surface area contributed by atoms with Gasteiger partial charge in [0.2, 0.25) is 0 Å². The second-order valence-electron chi connectivity index (χ2n) is 3.53. The summed E-state index contributed by atoms with van der Waals surface area (Å²) in [6, 6.07) is 4.48. The molecule has 0 fully saturated rings. The Kier molecular flexibility index (Phi) is 2.82. The number of hydrogen-bond acceptors (Lipinski definition) is 2. The number of carbonyl (C=O) groups is 1. The molecule has 0 unspecified atom stereocenters. The van der Waals surface area contributed by atoms with E-state index < -0.39 is 17.7 Å². The highest BCUT2D eigenvalue weighted by molar-refractivity contribution is 5.86. The van der Waals surface area contributed by atoms with Gasteiger partial charge in [-0.25, -0.2) is 9.48 Å². The molecule has 0 amide bonds. The molecule has 0 atom stereocenters. The molecule has 0 saturated heterocycles. The molecule has 0 aliphatic rings. The van der Waals surface area contributed by atoms with Crippen LogP contribution in [0.15, 0.2) is 36.7 Å². The van der Waals surface area contributed by atoms with Gasteiger partial charge < -0.3 is 5.11 Å². The van der Waals surface area contributed by atoms with Gasteiger partial charge in [-0.15, -0.1) is 0 Å². The van der Waals surface area contributed by atoms with Crippen molar-refractivity contribution in [3.05, 3.63) is 47.8 Å². The van der Waals surface area contributed by atoms with Crippen LogP contribution in [-0.4, -0.2) is 20.9 Å². The molecular weight excluding hydrogens is 249 g/mol. The van der Waals surface area contributed by atoms with Crippen molar-refractivity contribution in [2.45, 2.75) is 6.18 Å². The van der Waals surface area contributed by atoms with E-state index in [0.717, 1.165) is 29.2 Å². The minimum absolute atomic E-state index is 0.0904. The number of hydrogen-bond donors (Lipinski definition) is 1. The van der Waals surface area contributed by atoms with Crippen LogP contribution >= 0.6 is 0 Å². The Morgan fingerprint density at radius 2 is 2.06 bits per heavy atom. The van der Waals surface area contributed by atoms with Crippen molar-refractivity contribution in [1.82, 2.24) is 9.78 Å². The predicted molar refractivity (Wildman–Crippen MR) is 55.5 cm³/mol. The molecule has 0 saturated carbocycles. The average molecular weight is 256 g/mol. The zero-order chi connectivity index (χ0) is 13.3. The van der Waals surface area contributed by atoms with Crippen molar-refractivity contribution in [2.24, 2.45) is 0 Å². The molecule has 0 aliphatic heterocycles. The smallest absolute Gasteiger partial charge is 0.416 e. The van der Waals surface area contributed by atoms with Gasteiger partial charge in [0.25, 0.3) is 0 Å². The highest BCUT2D eigenvalue weighted by Gasteiger charge is 2.30. The number of benzene rings is 1. The Morgan fingerprint density at radius 1 is 1.33 bits per heavy atom. The lowest BCUT2D eigenvalue weighted by Crippen LogP contribution is -2.06. The summed E-state index contributed by atoms with van der Waals surface area (Å²) in [5.41, 5.74) is -0.753. The van der Waals surface area contributed by atoms with Crippen LogP contribution in [0.2, 0.25) is 0 Å². The molecule has 1 heterocycles. The van der Waals surface area contributed by atoms with E-state index in [2.05, 4.69) is 5.10 Å². The first-order chi connectivity index (χ1) is 8.38. The van der Waals surface area contributed by atoms with Crippen LogP contribution in [0.4, 0.5) is 13.2 Å². The topological polar surface area (TPSA) is 55.1 Å². The molecule has 0 radical (unpaired) electrons. The maximum Gasteiger partial charge on any atom is 0.416 e. The summed E-state index contributed by atoms with van der Waals surface area (Å²) in [7, 11) is 0. The van der Waals surface area contributed by atoms with Crippen LogP contribution in [0.1, 0.15) is 15.9 Å². The number of alkyl halides is 3. The lowest BCUT2D eigenvalue weighted by Gasteiger charge is -2.08. The van der Waals surface area contributed by atoms with Gasteiger partial charge in [0.05, 0.1) is 23.0 Å². The monoisotopic (exact) mass is 256 g/mol. The molecule has 1 aromatic heterocycles. The minimum Gasteiger partial charge on any atom is -0.478 e.